The zero-order valence-corrected chi connectivity index (χ0v) is 12.9. The first-order chi connectivity index (χ1) is 9.36. The Morgan fingerprint density at radius 2 is 2.10 bits per heavy atom. The number of thioether (sulfide) groups is 1. The molecule has 0 spiro atoms. The molecule has 1 unspecified atom stereocenters. The minimum atomic E-state index is -0.476. The van der Waals surface area contributed by atoms with Crippen molar-refractivity contribution in [1.29, 1.82) is 0 Å². The molecule has 0 aliphatic rings. The van der Waals surface area contributed by atoms with Crippen LogP contribution < -0.4 is 11.0 Å². The molecule has 0 aliphatic heterocycles. The predicted molar refractivity (Wildman–Crippen MR) is 76.7 cm³/mol. The van der Waals surface area contributed by atoms with Gasteiger partial charge >= 0.3 is 5.69 Å². The lowest BCUT2D eigenvalue weighted by molar-refractivity contribution is -0.126. The number of aromatic nitrogens is 3. The predicted octanol–water partition coefficient (Wildman–Crippen LogP) is 0.413. The Labute approximate surface area is 121 Å². The number of H-pyrrole nitrogens is 1. The number of ketones is 1. The maximum absolute atomic E-state index is 11.8. The lowest BCUT2D eigenvalue weighted by Gasteiger charge is -2.19. The van der Waals surface area contributed by atoms with Gasteiger partial charge in [0, 0.05) is 6.54 Å². The lowest BCUT2D eigenvalue weighted by atomic mass is 10.0. The van der Waals surface area contributed by atoms with Gasteiger partial charge in [-0.05, 0) is 19.8 Å². The summed E-state index contributed by atoms with van der Waals surface area (Å²) in [7, 11) is 0. The number of Topliss-reactive ketones (excluding diaryl/α,β-unsaturated/α-hetero) is 1. The molecule has 0 fully saturated rings. The molecule has 0 bridgehead atoms. The van der Waals surface area contributed by atoms with Crippen molar-refractivity contribution in [2.24, 2.45) is 5.92 Å². The van der Waals surface area contributed by atoms with Crippen LogP contribution in [0.15, 0.2) is 9.95 Å². The molecule has 1 amide bonds. The molecule has 1 aromatic rings. The van der Waals surface area contributed by atoms with Crippen molar-refractivity contribution in [1.82, 2.24) is 20.1 Å². The maximum atomic E-state index is 11.8. The summed E-state index contributed by atoms with van der Waals surface area (Å²) in [5.41, 5.74) is -0.292. The number of aromatic amines is 1. The van der Waals surface area contributed by atoms with Crippen molar-refractivity contribution >= 4 is 23.5 Å². The van der Waals surface area contributed by atoms with Crippen LogP contribution in [0.25, 0.3) is 0 Å². The molecule has 0 aliphatic carbocycles. The number of nitrogens with zero attached hydrogens (tertiary/aromatic N) is 2. The molecule has 0 aromatic carbocycles. The Balaban J connectivity index is 2.59. The quantitative estimate of drug-likeness (QED) is 0.711. The van der Waals surface area contributed by atoms with Crippen molar-refractivity contribution in [3.63, 3.8) is 0 Å². The van der Waals surface area contributed by atoms with Crippen molar-refractivity contribution in [2.45, 2.75) is 45.4 Å². The molecule has 1 aromatic heterocycles. The zero-order valence-electron chi connectivity index (χ0n) is 12.1. The standard InChI is InChI=1S/C12H20N4O3S/c1-5-16-11(19)14-15-12(16)20-6-9(18)13-10(7(2)3)8(4)17/h7,10H,5-6H2,1-4H3,(H,13,18)(H,14,19). The number of carbonyl (C=O) groups excluding carboxylic acids is 2. The highest BCUT2D eigenvalue weighted by Crippen LogP contribution is 2.13. The van der Waals surface area contributed by atoms with Gasteiger partial charge in [0.15, 0.2) is 10.9 Å². The van der Waals surface area contributed by atoms with Gasteiger partial charge in [-0.25, -0.2) is 9.89 Å². The van der Waals surface area contributed by atoms with E-state index in [1.165, 1.54) is 11.5 Å². The fraction of sp³-hybridized carbons (Fsp3) is 0.667. The summed E-state index contributed by atoms with van der Waals surface area (Å²) < 4.78 is 1.45. The van der Waals surface area contributed by atoms with Gasteiger partial charge in [-0.2, -0.15) is 0 Å². The van der Waals surface area contributed by atoms with E-state index in [-0.39, 0.29) is 29.1 Å². The summed E-state index contributed by atoms with van der Waals surface area (Å²) in [5, 5.41) is 9.35. The highest BCUT2D eigenvalue weighted by Gasteiger charge is 2.21. The summed E-state index contributed by atoms with van der Waals surface area (Å²) in [6, 6.07) is -0.476. The Morgan fingerprint density at radius 1 is 1.45 bits per heavy atom. The monoisotopic (exact) mass is 300 g/mol. The summed E-state index contributed by atoms with van der Waals surface area (Å²) in [6.07, 6.45) is 0. The average Bonchev–Trinajstić information content (AvgIpc) is 2.73. The SMILES string of the molecule is CCn1c(SCC(=O)NC(C(C)=O)C(C)C)n[nH]c1=O. The minimum absolute atomic E-state index is 0.0423. The summed E-state index contributed by atoms with van der Waals surface area (Å²) in [4.78, 5) is 34.6. The number of amides is 1. The van der Waals surface area contributed by atoms with Crippen LogP contribution in [0.3, 0.4) is 0 Å². The van der Waals surface area contributed by atoms with Gasteiger partial charge in [0.2, 0.25) is 5.91 Å². The molecule has 1 atom stereocenters. The first kappa shape index (κ1) is 16.5. The normalized spacial score (nSPS) is 12.4. The van der Waals surface area contributed by atoms with E-state index in [9.17, 15) is 14.4 Å². The molecule has 0 saturated heterocycles. The minimum Gasteiger partial charge on any atom is -0.345 e. The lowest BCUT2D eigenvalue weighted by Crippen LogP contribution is -2.44. The van der Waals surface area contributed by atoms with E-state index in [4.69, 9.17) is 0 Å². The highest BCUT2D eigenvalue weighted by atomic mass is 32.2. The molecule has 0 radical (unpaired) electrons. The molecular weight excluding hydrogens is 280 g/mol. The molecule has 2 N–H and O–H groups in total. The van der Waals surface area contributed by atoms with Gasteiger partial charge < -0.3 is 5.32 Å². The van der Waals surface area contributed by atoms with Crippen LogP contribution in [0.5, 0.6) is 0 Å². The van der Waals surface area contributed by atoms with E-state index in [0.717, 1.165) is 11.8 Å². The van der Waals surface area contributed by atoms with Crippen LogP contribution in [0.4, 0.5) is 0 Å². The Hall–Kier alpha value is -1.57. The third-order valence-electron chi connectivity index (χ3n) is 2.79. The van der Waals surface area contributed by atoms with E-state index in [2.05, 4.69) is 15.5 Å². The maximum Gasteiger partial charge on any atom is 0.343 e. The van der Waals surface area contributed by atoms with Crippen molar-refractivity contribution < 1.29 is 9.59 Å². The molecule has 1 heterocycles. The number of rotatable bonds is 7. The summed E-state index contributed by atoms with van der Waals surface area (Å²) in [5.74, 6) is -0.160. The smallest absolute Gasteiger partial charge is 0.343 e. The third-order valence-corrected chi connectivity index (χ3v) is 3.77. The first-order valence-corrected chi connectivity index (χ1v) is 7.43. The van der Waals surface area contributed by atoms with E-state index >= 15 is 0 Å². The fourth-order valence-corrected chi connectivity index (χ4v) is 2.60. The molecule has 0 saturated carbocycles. The van der Waals surface area contributed by atoms with E-state index in [1.807, 2.05) is 20.8 Å². The largest absolute Gasteiger partial charge is 0.345 e. The zero-order chi connectivity index (χ0) is 15.3. The molecule has 112 valence electrons. The molecule has 7 nitrogen and oxygen atoms in total. The van der Waals surface area contributed by atoms with Crippen molar-refractivity contribution in [3.05, 3.63) is 10.5 Å². The average molecular weight is 300 g/mol. The van der Waals surface area contributed by atoms with Crippen molar-refractivity contribution in [2.75, 3.05) is 5.75 Å². The van der Waals surface area contributed by atoms with Crippen LogP contribution in [0.2, 0.25) is 0 Å². The number of nitrogens with one attached hydrogen (secondary N) is 2. The van der Waals surface area contributed by atoms with Gasteiger partial charge in [-0.1, -0.05) is 25.6 Å². The van der Waals surface area contributed by atoms with Gasteiger partial charge in [-0.15, -0.1) is 5.10 Å². The summed E-state index contributed by atoms with van der Waals surface area (Å²) >= 11 is 1.16. The molecule has 1 rings (SSSR count). The molecule has 8 heteroatoms. The molecule has 20 heavy (non-hydrogen) atoms. The summed E-state index contributed by atoms with van der Waals surface area (Å²) in [6.45, 7) is 7.53. The fourth-order valence-electron chi connectivity index (χ4n) is 1.78. The van der Waals surface area contributed by atoms with Gasteiger partial charge in [-0.3, -0.25) is 14.2 Å². The topological polar surface area (TPSA) is 96.8 Å². The van der Waals surface area contributed by atoms with E-state index < -0.39 is 6.04 Å². The number of hydrogen-bond acceptors (Lipinski definition) is 5. The molecular formula is C12H20N4O3S. The highest BCUT2D eigenvalue weighted by molar-refractivity contribution is 7.99. The number of carbonyl (C=O) groups is 2. The van der Waals surface area contributed by atoms with Crippen molar-refractivity contribution in [3.8, 4) is 0 Å². The second-order valence-corrected chi connectivity index (χ2v) is 5.69. The van der Waals surface area contributed by atoms with E-state index in [1.54, 1.807) is 0 Å². The first-order valence-electron chi connectivity index (χ1n) is 6.44. The van der Waals surface area contributed by atoms with Crippen LogP contribution in [0, 0.1) is 5.92 Å². The van der Waals surface area contributed by atoms with Gasteiger partial charge in [0.1, 0.15) is 0 Å². The number of hydrogen-bond donors (Lipinski definition) is 2. The second kappa shape index (κ2) is 7.28. The van der Waals surface area contributed by atoms with E-state index in [0.29, 0.717) is 11.7 Å². The Kier molecular flexibility index (Phi) is 6.00. The van der Waals surface area contributed by atoms with Gasteiger partial charge in [0.25, 0.3) is 0 Å². The van der Waals surface area contributed by atoms with Crippen LogP contribution >= 0.6 is 11.8 Å². The second-order valence-electron chi connectivity index (χ2n) is 4.74. The third kappa shape index (κ3) is 4.22. The van der Waals surface area contributed by atoms with Crippen LogP contribution in [0.1, 0.15) is 27.7 Å². The van der Waals surface area contributed by atoms with Crippen LogP contribution in [-0.4, -0.2) is 38.2 Å². The van der Waals surface area contributed by atoms with Crippen LogP contribution in [-0.2, 0) is 16.1 Å². The Morgan fingerprint density at radius 3 is 2.60 bits per heavy atom. The van der Waals surface area contributed by atoms with Gasteiger partial charge in [0.05, 0.1) is 11.8 Å². The Bertz CT molecular complexity index is 535.